The van der Waals surface area contributed by atoms with Gasteiger partial charge >= 0.3 is 0 Å². The molecule has 0 saturated heterocycles. The first-order chi connectivity index (χ1) is 9.60. The number of H-pyrrole nitrogens is 1. The maximum Gasteiger partial charge on any atom is 0.152 e. The Kier molecular flexibility index (Phi) is 3.03. The predicted molar refractivity (Wildman–Crippen MR) is 74.0 cm³/mol. The van der Waals surface area contributed by atoms with Crippen LogP contribution in [0.1, 0.15) is 10.4 Å². The molecular weight excluding hydrogens is 284 g/mol. The van der Waals surface area contributed by atoms with Crippen LogP contribution in [0.5, 0.6) is 0 Å². The van der Waals surface area contributed by atoms with Crippen molar-refractivity contribution in [3.05, 3.63) is 58.6 Å². The van der Waals surface area contributed by atoms with Gasteiger partial charge in [0.05, 0.1) is 11.2 Å². The van der Waals surface area contributed by atoms with Crippen molar-refractivity contribution in [2.75, 3.05) is 0 Å². The first-order valence-corrected chi connectivity index (χ1v) is 6.20. The summed E-state index contributed by atoms with van der Waals surface area (Å²) in [7, 11) is 0. The van der Waals surface area contributed by atoms with Crippen molar-refractivity contribution < 1.29 is 13.6 Å². The number of aromatic nitrogens is 1. The molecular formula is C15H8ClF2NO. The zero-order valence-electron chi connectivity index (χ0n) is 10.1. The van der Waals surface area contributed by atoms with Crippen LogP contribution < -0.4 is 0 Å². The summed E-state index contributed by atoms with van der Waals surface area (Å²) in [6.45, 7) is 0. The van der Waals surface area contributed by atoms with Crippen LogP contribution in [-0.2, 0) is 0 Å². The molecule has 5 heteroatoms. The SMILES string of the molecule is O=Cc1c(-c2cccc(Cl)c2)[nH]c2c(F)cc(F)cc12. The Morgan fingerprint density at radius 3 is 2.65 bits per heavy atom. The predicted octanol–water partition coefficient (Wildman–Crippen LogP) is 4.58. The van der Waals surface area contributed by atoms with E-state index in [-0.39, 0.29) is 16.5 Å². The van der Waals surface area contributed by atoms with Gasteiger partial charge < -0.3 is 4.98 Å². The molecule has 0 radical (unpaired) electrons. The van der Waals surface area contributed by atoms with Crippen molar-refractivity contribution in [1.29, 1.82) is 0 Å². The molecule has 0 unspecified atom stereocenters. The summed E-state index contributed by atoms with van der Waals surface area (Å²) < 4.78 is 27.1. The molecule has 2 aromatic carbocycles. The van der Waals surface area contributed by atoms with Crippen molar-refractivity contribution in [3.8, 4) is 11.3 Å². The molecule has 0 amide bonds. The molecule has 0 saturated carbocycles. The van der Waals surface area contributed by atoms with E-state index >= 15 is 0 Å². The number of aldehydes is 1. The number of rotatable bonds is 2. The highest BCUT2D eigenvalue weighted by Crippen LogP contribution is 2.32. The van der Waals surface area contributed by atoms with E-state index in [1.165, 1.54) is 0 Å². The molecule has 2 nitrogen and oxygen atoms in total. The molecule has 0 bridgehead atoms. The molecule has 20 heavy (non-hydrogen) atoms. The number of carbonyl (C=O) groups excluding carboxylic acids is 1. The highest BCUT2D eigenvalue weighted by molar-refractivity contribution is 6.30. The molecule has 3 rings (SSSR count). The maximum atomic E-state index is 13.8. The van der Waals surface area contributed by atoms with Crippen molar-refractivity contribution in [2.45, 2.75) is 0 Å². The third kappa shape index (κ3) is 1.98. The average molecular weight is 292 g/mol. The molecule has 1 aromatic heterocycles. The van der Waals surface area contributed by atoms with Crippen LogP contribution in [0.4, 0.5) is 8.78 Å². The quantitative estimate of drug-likeness (QED) is 0.689. The van der Waals surface area contributed by atoms with Gasteiger partial charge in [0.2, 0.25) is 0 Å². The van der Waals surface area contributed by atoms with Gasteiger partial charge in [0.1, 0.15) is 11.6 Å². The van der Waals surface area contributed by atoms with E-state index < -0.39 is 11.6 Å². The van der Waals surface area contributed by atoms with Crippen molar-refractivity contribution >= 4 is 28.8 Å². The number of carbonyl (C=O) groups is 1. The number of hydrogen-bond donors (Lipinski definition) is 1. The van der Waals surface area contributed by atoms with Crippen LogP contribution in [0.2, 0.25) is 5.02 Å². The van der Waals surface area contributed by atoms with Gasteiger partial charge in [-0.3, -0.25) is 4.79 Å². The van der Waals surface area contributed by atoms with Gasteiger partial charge in [0.25, 0.3) is 0 Å². The number of hydrogen-bond acceptors (Lipinski definition) is 1. The van der Waals surface area contributed by atoms with Crippen LogP contribution >= 0.6 is 11.6 Å². The first kappa shape index (κ1) is 12.8. The van der Waals surface area contributed by atoms with Gasteiger partial charge in [0.15, 0.2) is 6.29 Å². The summed E-state index contributed by atoms with van der Waals surface area (Å²) in [6.07, 6.45) is 0.577. The van der Waals surface area contributed by atoms with Crippen LogP contribution in [0, 0.1) is 11.6 Å². The second-order valence-electron chi connectivity index (χ2n) is 4.35. The molecule has 0 atom stereocenters. The molecule has 0 aliphatic carbocycles. The zero-order valence-corrected chi connectivity index (χ0v) is 10.8. The Labute approximate surface area is 118 Å². The topological polar surface area (TPSA) is 32.9 Å². The van der Waals surface area contributed by atoms with Gasteiger partial charge in [-0.2, -0.15) is 0 Å². The molecule has 0 fully saturated rings. The van der Waals surface area contributed by atoms with Crippen molar-refractivity contribution in [1.82, 2.24) is 4.98 Å². The van der Waals surface area contributed by atoms with Gasteiger partial charge in [-0.25, -0.2) is 8.78 Å². The minimum atomic E-state index is -0.739. The van der Waals surface area contributed by atoms with E-state index in [1.807, 2.05) is 0 Å². The minimum Gasteiger partial charge on any atom is -0.352 e. The fourth-order valence-corrected chi connectivity index (χ4v) is 2.42. The van der Waals surface area contributed by atoms with E-state index in [0.29, 0.717) is 22.6 Å². The van der Waals surface area contributed by atoms with Gasteiger partial charge in [0, 0.05) is 27.6 Å². The Balaban J connectivity index is 2.37. The summed E-state index contributed by atoms with van der Waals surface area (Å²) in [5.41, 5.74) is 1.36. The van der Waals surface area contributed by atoms with Gasteiger partial charge in [-0.05, 0) is 18.2 Å². The standard InChI is InChI=1S/C15H8ClF2NO/c16-9-3-1-2-8(4-9)14-12(7-20)11-5-10(17)6-13(18)15(11)19-14/h1-7,19H. The Bertz CT molecular complexity index is 826. The zero-order chi connectivity index (χ0) is 14.3. The molecule has 1 heterocycles. The number of nitrogens with one attached hydrogen (secondary N) is 1. The summed E-state index contributed by atoms with van der Waals surface area (Å²) >= 11 is 5.91. The highest BCUT2D eigenvalue weighted by atomic mass is 35.5. The first-order valence-electron chi connectivity index (χ1n) is 5.82. The lowest BCUT2D eigenvalue weighted by atomic mass is 10.1. The van der Waals surface area contributed by atoms with Crippen LogP contribution in [0.3, 0.4) is 0 Å². The smallest absolute Gasteiger partial charge is 0.152 e. The highest BCUT2D eigenvalue weighted by Gasteiger charge is 2.16. The largest absolute Gasteiger partial charge is 0.352 e. The summed E-state index contributed by atoms with van der Waals surface area (Å²) in [4.78, 5) is 14.1. The van der Waals surface area contributed by atoms with E-state index in [4.69, 9.17) is 11.6 Å². The molecule has 0 spiro atoms. The van der Waals surface area contributed by atoms with E-state index in [1.54, 1.807) is 24.3 Å². The summed E-state index contributed by atoms with van der Waals surface area (Å²) in [6, 6.07) is 8.69. The maximum absolute atomic E-state index is 13.8. The Morgan fingerprint density at radius 2 is 1.95 bits per heavy atom. The molecule has 0 aliphatic rings. The number of fused-ring (bicyclic) bond motifs is 1. The van der Waals surface area contributed by atoms with Crippen molar-refractivity contribution in [3.63, 3.8) is 0 Å². The molecule has 1 N–H and O–H groups in total. The Hall–Kier alpha value is -2.20. The third-order valence-corrected chi connectivity index (χ3v) is 3.33. The van der Waals surface area contributed by atoms with Gasteiger partial charge in [-0.1, -0.05) is 23.7 Å². The lowest BCUT2D eigenvalue weighted by Crippen LogP contribution is -1.84. The van der Waals surface area contributed by atoms with Gasteiger partial charge in [-0.15, -0.1) is 0 Å². The molecule has 0 aliphatic heterocycles. The number of halogens is 3. The monoisotopic (exact) mass is 291 g/mol. The van der Waals surface area contributed by atoms with E-state index in [2.05, 4.69) is 4.98 Å². The lowest BCUT2D eigenvalue weighted by molar-refractivity contribution is 0.112. The summed E-state index contributed by atoms with van der Waals surface area (Å²) in [5.74, 6) is -1.47. The van der Waals surface area contributed by atoms with E-state index in [0.717, 1.165) is 12.1 Å². The van der Waals surface area contributed by atoms with E-state index in [9.17, 15) is 13.6 Å². The number of aromatic amines is 1. The number of benzene rings is 2. The molecule has 3 aromatic rings. The average Bonchev–Trinajstić information content (AvgIpc) is 2.77. The lowest BCUT2D eigenvalue weighted by Gasteiger charge is -2.00. The normalized spacial score (nSPS) is 10.9. The second kappa shape index (κ2) is 4.72. The fourth-order valence-electron chi connectivity index (χ4n) is 2.23. The second-order valence-corrected chi connectivity index (χ2v) is 4.79. The van der Waals surface area contributed by atoms with Crippen LogP contribution in [-0.4, -0.2) is 11.3 Å². The van der Waals surface area contributed by atoms with Crippen LogP contribution in [0.25, 0.3) is 22.2 Å². The third-order valence-electron chi connectivity index (χ3n) is 3.10. The van der Waals surface area contributed by atoms with Crippen LogP contribution in [0.15, 0.2) is 36.4 Å². The molecule has 100 valence electrons. The Morgan fingerprint density at radius 1 is 1.15 bits per heavy atom. The summed E-state index contributed by atoms with van der Waals surface area (Å²) in [5, 5.41) is 0.706. The van der Waals surface area contributed by atoms with Crippen molar-refractivity contribution in [2.24, 2.45) is 0 Å². The minimum absolute atomic E-state index is 0.100. The fraction of sp³-hybridized carbons (Fsp3) is 0.